The van der Waals surface area contributed by atoms with E-state index in [-0.39, 0.29) is 11.7 Å². The average molecular weight is 374 g/mol. The number of halogens is 2. The Morgan fingerprint density at radius 3 is 2.57 bits per heavy atom. The second-order valence-corrected chi connectivity index (χ2v) is 5.82. The van der Waals surface area contributed by atoms with Crippen molar-refractivity contribution in [3.8, 4) is 11.3 Å². The van der Waals surface area contributed by atoms with Crippen LogP contribution in [0, 0.1) is 5.82 Å². The van der Waals surface area contributed by atoms with Crippen LogP contribution in [0.2, 0.25) is 0 Å². The molecule has 0 aliphatic heterocycles. The predicted molar refractivity (Wildman–Crippen MR) is 90.7 cm³/mol. The Labute approximate surface area is 141 Å². The maximum Gasteiger partial charge on any atom is 0.257 e. The summed E-state index contributed by atoms with van der Waals surface area (Å²) < 4.78 is 15.7. The summed E-state index contributed by atoms with van der Waals surface area (Å²) in [5, 5.41) is 2.73. The van der Waals surface area contributed by atoms with Crippen molar-refractivity contribution in [2.45, 2.75) is 0 Å². The number of hydrogen-bond acceptors (Lipinski definition) is 2. The van der Waals surface area contributed by atoms with E-state index in [1.165, 1.54) is 24.3 Å². The number of benzene rings is 2. The highest BCUT2D eigenvalue weighted by atomic mass is 79.9. The third-order valence-electron chi connectivity index (χ3n) is 3.47. The number of hydrogen-bond donors (Lipinski definition) is 1. The number of carbonyl (C=O) groups is 1. The lowest BCUT2D eigenvalue weighted by Crippen LogP contribution is -2.15. The molecule has 0 fully saturated rings. The molecule has 3 aromatic rings. The molecular formula is C17H13BrFN3O. The van der Waals surface area contributed by atoms with Gasteiger partial charge in [0.15, 0.2) is 0 Å². The molecule has 1 aromatic heterocycles. The second-order valence-electron chi connectivity index (χ2n) is 4.97. The van der Waals surface area contributed by atoms with Crippen molar-refractivity contribution in [1.29, 1.82) is 0 Å². The van der Waals surface area contributed by atoms with E-state index in [4.69, 9.17) is 0 Å². The van der Waals surface area contributed by atoms with Crippen LogP contribution in [-0.4, -0.2) is 15.5 Å². The molecule has 1 N–H and O–H groups in total. The summed E-state index contributed by atoms with van der Waals surface area (Å²) in [6.45, 7) is 0. The molecule has 1 amide bonds. The van der Waals surface area contributed by atoms with Gasteiger partial charge in [-0.3, -0.25) is 10.1 Å². The molecule has 1 heterocycles. The summed E-state index contributed by atoms with van der Waals surface area (Å²) in [4.78, 5) is 16.4. The first-order valence-electron chi connectivity index (χ1n) is 6.90. The fourth-order valence-electron chi connectivity index (χ4n) is 2.22. The molecule has 0 saturated heterocycles. The lowest BCUT2D eigenvalue weighted by atomic mass is 10.2. The molecule has 0 spiro atoms. The van der Waals surface area contributed by atoms with E-state index in [0.29, 0.717) is 11.5 Å². The summed E-state index contributed by atoms with van der Waals surface area (Å²) in [6, 6.07) is 13.1. The molecule has 23 heavy (non-hydrogen) atoms. The lowest BCUT2D eigenvalue weighted by molar-refractivity contribution is 0.102. The number of nitrogens with one attached hydrogen (secondary N) is 1. The van der Waals surface area contributed by atoms with E-state index in [2.05, 4.69) is 26.2 Å². The van der Waals surface area contributed by atoms with Crippen molar-refractivity contribution >= 4 is 27.8 Å². The highest BCUT2D eigenvalue weighted by Gasteiger charge is 2.14. The van der Waals surface area contributed by atoms with Crippen molar-refractivity contribution in [3.63, 3.8) is 0 Å². The van der Waals surface area contributed by atoms with Gasteiger partial charge in [-0.05, 0) is 30.3 Å². The van der Waals surface area contributed by atoms with E-state index < -0.39 is 0 Å². The number of imidazole rings is 1. The van der Waals surface area contributed by atoms with Crippen LogP contribution in [0.3, 0.4) is 0 Å². The molecule has 0 bridgehead atoms. The Balaban J connectivity index is 1.87. The smallest absolute Gasteiger partial charge is 0.257 e. The monoisotopic (exact) mass is 373 g/mol. The molecule has 6 heteroatoms. The first kappa shape index (κ1) is 15.4. The first-order valence-corrected chi connectivity index (χ1v) is 7.69. The van der Waals surface area contributed by atoms with Crippen LogP contribution < -0.4 is 5.32 Å². The van der Waals surface area contributed by atoms with Gasteiger partial charge in [0.05, 0.1) is 11.9 Å². The molecule has 0 unspecified atom stereocenters. The summed E-state index contributed by atoms with van der Waals surface area (Å²) >= 11 is 3.51. The molecule has 0 radical (unpaired) electrons. The normalized spacial score (nSPS) is 10.6. The maximum absolute atomic E-state index is 12.9. The van der Waals surface area contributed by atoms with Crippen molar-refractivity contribution in [1.82, 2.24) is 9.55 Å². The van der Waals surface area contributed by atoms with E-state index in [1.807, 2.05) is 31.3 Å². The highest BCUT2D eigenvalue weighted by molar-refractivity contribution is 9.10. The van der Waals surface area contributed by atoms with Crippen LogP contribution in [0.15, 0.2) is 59.2 Å². The Bertz CT molecular complexity index is 859. The standard InChI is InChI=1S/C17H13BrFN3O/c1-22-15(13-4-2-3-5-14(13)18)10-20-17(22)21-16(23)11-6-8-12(19)9-7-11/h2-10H,1H3,(H,20,21,23). The van der Waals surface area contributed by atoms with Crippen molar-refractivity contribution in [3.05, 3.63) is 70.6 Å². The van der Waals surface area contributed by atoms with Crippen LogP contribution in [0.25, 0.3) is 11.3 Å². The molecule has 116 valence electrons. The minimum Gasteiger partial charge on any atom is -0.313 e. The van der Waals surface area contributed by atoms with Crippen LogP contribution in [0.5, 0.6) is 0 Å². The first-order chi connectivity index (χ1) is 11.1. The topological polar surface area (TPSA) is 46.9 Å². The minimum atomic E-state index is -0.380. The number of anilines is 1. The van der Waals surface area contributed by atoms with Crippen molar-refractivity contribution < 1.29 is 9.18 Å². The van der Waals surface area contributed by atoms with Crippen LogP contribution in [0.1, 0.15) is 10.4 Å². The largest absolute Gasteiger partial charge is 0.313 e. The van der Waals surface area contributed by atoms with Crippen molar-refractivity contribution in [2.75, 3.05) is 5.32 Å². The number of aromatic nitrogens is 2. The summed E-state index contributed by atoms with van der Waals surface area (Å²) in [5.74, 6) is -0.294. The number of nitrogens with zero attached hydrogens (tertiary/aromatic N) is 2. The van der Waals surface area contributed by atoms with Gasteiger partial charge >= 0.3 is 0 Å². The molecule has 4 nitrogen and oxygen atoms in total. The fraction of sp³-hybridized carbons (Fsp3) is 0.0588. The Morgan fingerprint density at radius 2 is 1.87 bits per heavy atom. The third kappa shape index (κ3) is 3.17. The van der Waals surface area contributed by atoms with Gasteiger partial charge < -0.3 is 4.57 Å². The van der Waals surface area contributed by atoms with Gasteiger partial charge in [0.25, 0.3) is 5.91 Å². The fourth-order valence-corrected chi connectivity index (χ4v) is 2.71. The molecule has 2 aromatic carbocycles. The molecule has 0 atom stereocenters. The zero-order valence-corrected chi connectivity index (χ0v) is 13.8. The van der Waals surface area contributed by atoms with Gasteiger partial charge in [-0.15, -0.1) is 0 Å². The molecular weight excluding hydrogens is 361 g/mol. The average Bonchev–Trinajstić information content (AvgIpc) is 2.89. The number of rotatable bonds is 3. The summed E-state index contributed by atoms with van der Waals surface area (Å²) in [7, 11) is 1.82. The summed E-state index contributed by atoms with van der Waals surface area (Å²) in [6.07, 6.45) is 1.69. The number of amides is 1. The zero-order valence-electron chi connectivity index (χ0n) is 12.3. The van der Waals surface area contributed by atoms with E-state index in [1.54, 1.807) is 10.8 Å². The van der Waals surface area contributed by atoms with Gasteiger partial charge in [0.2, 0.25) is 5.95 Å². The predicted octanol–water partition coefficient (Wildman–Crippen LogP) is 4.24. The minimum absolute atomic E-state index is 0.336. The molecule has 0 aliphatic carbocycles. The Hall–Kier alpha value is -2.47. The Kier molecular flexibility index (Phi) is 4.25. The van der Waals surface area contributed by atoms with Gasteiger partial charge in [0.1, 0.15) is 5.82 Å². The molecule has 0 aliphatic rings. The van der Waals surface area contributed by atoms with Gasteiger partial charge in [-0.2, -0.15) is 0 Å². The van der Waals surface area contributed by atoms with Gasteiger partial charge in [-0.1, -0.05) is 34.1 Å². The molecule has 3 rings (SSSR count). The SMILES string of the molecule is Cn1c(-c2ccccc2Br)cnc1NC(=O)c1ccc(F)cc1. The molecule has 0 saturated carbocycles. The van der Waals surface area contributed by atoms with Crippen molar-refractivity contribution in [2.24, 2.45) is 7.05 Å². The van der Waals surface area contributed by atoms with E-state index in [9.17, 15) is 9.18 Å². The summed E-state index contributed by atoms with van der Waals surface area (Å²) in [5.41, 5.74) is 2.22. The lowest BCUT2D eigenvalue weighted by Gasteiger charge is -2.08. The second kappa shape index (κ2) is 6.34. The van der Waals surface area contributed by atoms with Crippen LogP contribution in [0.4, 0.5) is 10.3 Å². The Morgan fingerprint density at radius 1 is 1.17 bits per heavy atom. The van der Waals surface area contributed by atoms with E-state index in [0.717, 1.165) is 15.7 Å². The quantitative estimate of drug-likeness (QED) is 0.746. The van der Waals surface area contributed by atoms with Gasteiger partial charge in [-0.25, -0.2) is 9.37 Å². The third-order valence-corrected chi connectivity index (χ3v) is 4.16. The van der Waals surface area contributed by atoms with Gasteiger partial charge in [0, 0.05) is 22.6 Å². The van der Waals surface area contributed by atoms with Crippen LogP contribution >= 0.6 is 15.9 Å². The number of carbonyl (C=O) groups excluding carboxylic acids is 1. The highest BCUT2D eigenvalue weighted by Crippen LogP contribution is 2.29. The zero-order chi connectivity index (χ0) is 16.4. The van der Waals surface area contributed by atoms with Crippen LogP contribution in [-0.2, 0) is 7.05 Å². The maximum atomic E-state index is 12.9. The van der Waals surface area contributed by atoms with E-state index >= 15 is 0 Å².